The lowest BCUT2D eigenvalue weighted by molar-refractivity contribution is 0.518. The molecule has 1 aromatic carbocycles. The highest BCUT2D eigenvalue weighted by Gasteiger charge is 2.26. The second-order valence-electron chi connectivity index (χ2n) is 6.32. The van der Waals surface area contributed by atoms with E-state index in [-0.39, 0.29) is 0 Å². The molecule has 1 saturated heterocycles. The highest BCUT2D eigenvalue weighted by molar-refractivity contribution is 6.02. The molecule has 0 atom stereocenters. The normalized spacial score (nSPS) is 17.2. The Balaban J connectivity index is 1.90. The lowest BCUT2D eigenvalue weighted by Gasteiger charge is -2.21. The van der Waals surface area contributed by atoms with Gasteiger partial charge in [0.15, 0.2) is 5.82 Å². The number of rotatable bonds is 1. The second-order valence-corrected chi connectivity index (χ2v) is 6.32. The van der Waals surface area contributed by atoms with Crippen molar-refractivity contribution in [1.82, 2.24) is 19.7 Å². The van der Waals surface area contributed by atoms with Gasteiger partial charge in [-0.05, 0) is 25.0 Å². The molecule has 3 heterocycles. The van der Waals surface area contributed by atoms with Crippen LogP contribution >= 0.6 is 0 Å². The van der Waals surface area contributed by atoms with Crippen LogP contribution in [0.3, 0.4) is 0 Å². The number of benzene rings is 1. The Morgan fingerprint density at radius 1 is 1.05 bits per heavy atom. The molecule has 0 radical (unpaired) electrons. The van der Waals surface area contributed by atoms with Gasteiger partial charge in [0, 0.05) is 24.6 Å². The van der Waals surface area contributed by atoms with Crippen LogP contribution in [-0.4, -0.2) is 38.6 Å². The highest BCUT2D eigenvalue weighted by Crippen LogP contribution is 2.27. The van der Waals surface area contributed by atoms with Gasteiger partial charge in [0.05, 0.1) is 5.69 Å². The molecule has 22 heavy (non-hydrogen) atoms. The van der Waals surface area contributed by atoms with Gasteiger partial charge in [-0.1, -0.05) is 26.0 Å². The zero-order valence-electron chi connectivity index (χ0n) is 13.2. The third kappa shape index (κ3) is 2.03. The molecular weight excluding hydrogens is 274 g/mol. The van der Waals surface area contributed by atoms with E-state index < -0.39 is 0 Å². The molecule has 2 aliphatic rings. The van der Waals surface area contributed by atoms with E-state index in [0.29, 0.717) is 12.5 Å². The van der Waals surface area contributed by atoms with Crippen molar-refractivity contribution in [3.8, 4) is 5.69 Å². The first-order chi connectivity index (χ1) is 10.8. The largest absolute Gasteiger partial charge is 0.356 e. The summed E-state index contributed by atoms with van der Waals surface area (Å²) in [5.74, 6) is 3.40. The highest BCUT2D eigenvalue weighted by atomic mass is 15.3. The number of aromatic nitrogens is 3. The zero-order chi connectivity index (χ0) is 15.1. The molecule has 0 N–H and O–H groups in total. The third-order valence-electron chi connectivity index (χ3n) is 4.43. The Bertz CT molecular complexity index is 722. The van der Waals surface area contributed by atoms with Crippen LogP contribution in [0.5, 0.6) is 0 Å². The molecule has 0 aliphatic carbocycles. The maximum absolute atomic E-state index is 4.88. The summed E-state index contributed by atoms with van der Waals surface area (Å²) in [5, 5.41) is 8.78. The average molecular weight is 295 g/mol. The predicted molar refractivity (Wildman–Crippen MR) is 86.5 cm³/mol. The Morgan fingerprint density at radius 3 is 2.59 bits per heavy atom. The molecule has 0 amide bonds. The Hall–Kier alpha value is -2.17. The van der Waals surface area contributed by atoms with Gasteiger partial charge in [-0.15, -0.1) is 10.2 Å². The van der Waals surface area contributed by atoms with Gasteiger partial charge in [-0.25, -0.2) is 0 Å². The summed E-state index contributed by atoms with van der Waals surface area (Å²) in [6.45, 7) is 7.12. The number of likely N-dealkylation sites (tertiary alicyclic amines) is 1. The lowest BCUT2D eigenvalue weighted by Crippen LogP contribution is -2.29. The molecule has 0 saturated carbocycles. The van der Waals surface area contributed by atoms with Gasteiger partial charge in [-0.2, -0.15) is 0 Å². The fourth-order valence-electron chi connectivity index (χ4n) is 3.36. The third-order valence-corrected chi connectivity index (χ3v) is 4.43. The van der Waals surface area contributed by atoms with Crippen LogP contribution in [0.25, 0.3) is 5.69 Å². The monoisotopic (exact) mass is 295 g/mol. The van der Waals surface area contributed by atoms with Gasteiger partial charge >= 0.3 is 0 Å². The van der Waals surface area contributed by atoms with Crippen molar-refractivity contribution in [2.75, 3.05) is 13.1 Å². The second kappa shape index (κ2) is 5.23. The Labute approximate surface area is 130 Å². The van der Waals surface area contributed by atoms with Crippen LogP contribution in [0.4, 0.5) is 0 Å². The predicted octanol–water partition coefficient (Wildman–Crippen LogP) is 2.75. The maximum Gasteiger partial charge on any atom is 0.159 e. The summed E-state index contributed by atoms with van der Waals surface area (Å²) < 4.78 is 2.20. The zero-order valence-corrected chi connectivity index (χ0v) is 13.2. The first-order valence-electron chi connectivity index (χ1n) is 8.09. The van der Waals surface area contributed by atoms with Crippen LogP contribution < -0.4 is 0 Å². The molecular formula is C17H21N5. The molecule has 5 heteroatoms. The summed E-state index contributed by atoms with van der Waals surface area (Å²) in [4.78, 5) is 7.29. The van der Waals surface area contributed by atoms with Crippen molar-refractivity contribution in [3.63, 3.8) is 0 Å². The molecule has 5 nitrogen and oxygen atoms in total. The maximum atomic E-state index is 4.88. The SMILES string of the molecule is CC(C)c1nnc2n1-c1ccccc1C(N1CCCC1)=NC2. The average Bonchev–Trinajstić information content (AvgIpc) is 3.15. The Morgan fingerprint density at radius 2 is 1.82 bits per heavy atom. The van der Waals surface area contributed by atoms with Crippen LogP contribution in [-0.2, 0) is 6.54 Å². The molecule has 2 aliphatic heterocycles. The molecule has 2 aromatic rings. The molecule has 0 bridgehead atoms. The minimum Gasteiger partial charge on any atom is -0.356 e. The van der Waals surface area contributed by atoms with Crippen molar-refractivity contribution in [3.05, 3.63) is 41.5 Å². The fourth-order valence-corrected chi connectivity index (χ4v) is 3.36. The smallest absolute Gasteiger partial charge is 0.159 e. The van der Waals surface area contributed by atoms with Crippen molar-refractivity contribution in [2.24, 2.45) is 4.99 Å². The summed E-state index contributed by atoms with van der Waals surface area (Å²) >= 11 is 0. The van der Waals surface area contributed by atoms with Crippen LogP contribution in [0, 0.1) is 0 Å². The number of amidine groups is 1. The summed E-state index contributed by atoms with van der Waals surface area (Å²) in [7, 11) is 0. The van der Waals surface area contributed by atoms with Crippen molar-refractivity contribution in [1.29, 1.82) is 0 Å². The van der Waals surface area contributed by atoms with Crippen molar-refractivity contribution >= 4 is 5.84 Å². The standard InChI is InChI=1S/C17H21N5/c1-12(2)16-20-19-15-11-18-17(21-9-5-6-10-21)13-7-3-4-8-14(13)22(15)16/h3-4,7-8,12H,5-6,9-11H2,1-2H3. The van der Waals surface area contributed by atoms with E-state index in [1.165, 1.54) is 18.4 Å². The van der Waals surface area contributed by atoms with E-state index in [0.717, 1.165) is 36.3 Å². The lowest BCUT2D eigenvalue weighted by atomic mass is 10.1. The van der Waals surface area contributed by atoms with E-state index in [2.05, 4.69) is 57.8 Å². The quantitative estimate of drug-likeness (QED) is 0.812. The molecule has 1 fully saturated rings. The van der Waals surface area contributed by atoms with Crippen LogP contribution in [0.2, 0.25) is 0 Å². The molecule has 0 unspecified atom stereocenters. The minimum absolute atomic E-state index is 0.336. The van der Waals surface area contributed by atoms with Crippen LogP contribution in [0.1, 0.15) is 49.8 Å². The number of nitrogens with zero attached hydrogens (tertiary/aromatic N) is 5. The van der Waals surface area contributed by atoms with Gasteiger partial charge in [0.2, 0.25) is 0 Å². The summed E-state index contributed by atoms with van der Waals surface area (Å²) in [5.41, 5.74) is 2.36. The first kappa shape index (κ1) is 13.5. The van der Waals surface area contributed by atoms with E-state index in [9.17, 15) is 0 Å². The number of hydrogen-bond donors (Lipinski definition) is 0. The first-order valence-corrected chi connectivity index (χ1v) is 8.09. The number of para-hydroxylation sites is 1. The summed E-state index contributed by atoms with van der Waals surface area (Å²) in [6.07, 6.45) is 2.51. The van der Waals surface area contributed by atoms with Gasteiger partial charge in [-0.3, -0.25) is 9.56 Å². The van der Waals surface area contributed by atoms with Gasteiger partial charge in [0.25, 0.3) is 0 Å². The summed E-state index contributed by atoms with van der Waals surface area (Å²) in [6, 6.07) is 8.51. The fraction of sp³-hybridized carbons (Fsp3) is 0.471. The van der Waals surface area contributed by atoms with Gasteiger partial charge < -0.3 is 4.90 Å². The van der Waals surface area contributed by atoms with Crippen molar-refractivity contribution in [2.45, 2.75) is 39.2 Å². The molecule has 0 spiro atoms. The van der Waals surface area contributed by atoms with E-state index in [1.54, 1.807) is 0 Å². The van der Waals surface area contributed by atoms with Crippen LogP contribution in [0.15, 0.2) is 29.3 Å². The van der Waals surface area contributed by atoms with E-state index in [1.807, 2.05) is 0 Å². The van der Waals surface area contributed by atoms with E-state index >= 15 is 0 Å². The van der Waals surface area contributed by atoms with E-state index in [4.69, 9.17) is 4.99 Å². The molecule has 1 aromatic heterocycles. The number of aliphatic imine (C=N–C) groups is 1. The number of hydrogen-bond acceptors (Lipinski definition) is 4. The minimum atomic E-state index is 0.336. The topological polar surface area (TPSA) is 46.3 Å². The molecule has 114 valence electrons. The Kier molecular flexibility index (Phi) is 3.21. The van der Waals surface area contributed by atoms with Crippen molar-refractivity contribution < 1.29 is 0 Å². The molecule has 4 rings (SSSR count). The van der Waals surface area contributed by atoms with Gasteiger partial charge in [0.1, 0.15) is 18.2 Å². The number of fused-ring (bicyclic) bond motifs is 3.